The van der Waals surface area contributed by atoms with Crippen molar-refractivity contribution in [1.82, 2.24) is 10.4 Å². The molecule has 0 saturated carbocycles. The van der Waals surface area contributed by atoms with Gasteiger partial charge in [0.05, 0.1) is 10.5 Å². The van der Waals surface area contributed by atoms with Crippen molar-refractivity contribution in [3.8, 4) is 0 Å². The first kappa shape index (κ1) is 28.9. The van der Waals surface area contributed by atoms with Crippen LogP contribution in [-0.2, 0) is 4.79 Å². The van der Waals surface area contributed by atoms with Gasteiger partial charge in [0.15, 0.2) is 0 Å². The monoisotopic (exact) mass is 594 g/mol. The van der Waals surface area contributed by atoms with E-state index >= 15 is 0 Å². The van der Waals surface area contributed by atoms with E-state index in [2.05, 4.69) is 10.7 Å². The van der Waals surface area contributed by atoms with Crippen LogP contribution in [0.1, 0.15) is 37.4 Å². The lowest BCUT2D eigenvalue weighted by Gasteiger charge is -2.22. The molecule has 9 heteroatoms. The fraction of sp³-hybridized carbons (Fsp3) is 0.121. The molecule has 3 aromatic carbocycles. The van der Waals surface area contributed by atoms with E-state index in [9.17, 15) is 14.4 Å². The number of hydrogen-bond acceptors (Lipinski definition) is 6. The fourth-order valence-electron chi connectivity index (χ4n) is 4.33. The molecule has 1 saturated heterocycles. The lowest BCUT2D eigenvalue weighted by Crippen LogP contribution is -2.47. The van der Waals surface area contributed by atoms with Crippen LogP contribution >= 0.6 is 23.1 Å². The van der Waals surface area contributed by atoms with E-state index in [-0.39, 0.29) is 11.8 Å². The number of carbonyl (C=O) groups excluding carboxylic acids is 3. The number of carbonyl (C=O) groups is 3. The van der Waals surface area contributed by atoms with Gasteiger partial charge >= 0.3 is 0 Å². The summed E-state index contributed by atoms with van der Waals surface area (Å²) in [7, 11) is 3.95. The number of rotatable bonds is 8. The minimum atomic E-state index is -0.477. The van der Waals surface area contributed by atoms with Crippen LogP contribution in [0.25, 0.3) is 12.2 Å². The Balaban J connectivity index is 1.41. The van der Waals surface area contributed by atoms with E-state index in [0.29, 0.717) is 26.6 Å². The number of thioether (sulfide) groups is 1. The van der Waals surface area contributed by atoms with Gasteiger partial charge in [0.25, 0.3) is 17.7 Å². The van der Waals surface area contributed by atoms with Crippen LogP contribution in [0, 0.1) is 6.92 Å². The molecule has 1 atom stereocenters. The predicted molar refractivity (Wildman–Crippen MR) is 173 cm³/mol. The second kappa shape index (κ2) is 12.9. The highest BCUT2D eigenvalue weighted by Gasteiger charge is 2.37. The number of nitrogens with one attached hydrogen (secondary N) is 2. The van der Waals surface area contributed by atoms with Gasteiger partial charge in [0, 0.05) is 25.3 Å². The van der Waals surface area contributed by atoms with E-state index in [0.717, 1.165) is 16.8 Å². The Labute approximate surface area is 253 Å². The third kappa shape index (κ3) is 6.64. The molecular weight excluding hydrogens is 565 g/mol. The second-order valence-electron chi connectivity index (χ2n) is 9.83. The molecule has 42 heavy (non-hydrogen) atoms. The maximum Gasteiger partial charge on any atom is 0.280 e. The highest BCUT2D eigenvalue weighted by Crippen LogP contribution is 2.37. The average molecular weight is 595 g/mol. The van der Waals surface area contributed by atoms with Gasteiger partial charge in [-0.05, 0) is 65.4 Å². The maximum atomic E-state index is 13.7. The summed E-state index contributed by atoms with van der Waals surface area (Å²) >= 11 is 2.64. The van der Waals surface area contributed by atoms with Gasteiger partial charge in [-0.2, -0.15) is 0 Å². The molecule has 2 heterocycles. The minimum absolute atomic E-state index is 0.310. The molecule has 1 aliphatic heterocycles. The summed E-state index contributed by atoms with van der Waals surface area (Å²) in [6, 6.07) is 26.5. The number of thiophene rings is 1. The van der Waals surface area contributed by atoms with Gasteiger partial charge in [-0.3, -0.25) is 19.8 Å². The summed E-state index contributed by atoms with van der Waals surface area (Å²) in [5.41, 5.74) is 7.27. The van der Waals surface area contributed by atoms with Crippen LogP contribution in [0.5, 0.6) is 0 Å². The third-order valence-corrected chi connectivity index (χ3v) is 8.75. The van der Waals surface area contributed by atoms with E-state index in [1.165, 1.54) is 28.1 Å². The molecular formula is C33H30N4O3S2. The molecule has 212 valence electrons. The standard InChI is InChI=1S/C33H30N4O3S2/c1-22-21-41-32(34-30(38)25-12-8-5-9-13-25)29(22)31(39)35-37-28(19-16-23-10-6-4-7-11-23)42-27(33(37)40)20-24-14-17-26(18-15-24)36(2)3/h4-21,28H,1-3H3,(H,34,38)(H,35,39)/b19-16+,27-20+. The van der Waals surface area contributed by atoms with Crippen molar-refractivity contribution >= 4 is 63.7 Å². The van der Waals surface area contributed by atoms with Crippen LogP contribution in [0.2, 0.25) is 0 Å². The quantitative estimate of drug-likeness (QED) is 0.223. The summed E-state index contributed by atoms with van der Waals surface area (Å²) in [6.45, 7) is 1.81. The number of anilines is 2. The lowest BCUT2D eigenvalue weighted by molar-refractivity contribution is -0.127. The third-order valence-electron chi connectivity index (χ3n) is 6.58. The molecule has 1 aliphatic rings. The summed E-state index contributed by atoms with van der Waals surface area (Å²) in [5, 5.41) is 5.97. The molecule has 5 rings (SSSR count). The molecule has 0 radical (unpaired) electrons. The first-order valence-corrected chi connectivity index (χ1v) is 15.0. The summed E-state index contributed by atoms with van der Waals surface area (Å²) < 4.78 is 0. The van der Waals surface area contributed by atoms with Crippen molar-refractivity contribution in [3.63, 3.8) is 0 Å². The Morgan fingerprint density at radius 1 is 0.881 bits per heavy atom. The largest absolute Gasteiger partial charge is 0.378 e. The molecule has 0 spiro atoms. The Bertz CT molecular complexity index is 1650. The molecule has 7 nitrogen and oxygen atoms in total. The summed E-state index contributed by atoms with van der Waals surface area (Å²) in [4.78, 5) is 42.6. The number of hydrazine groups is 1. The number of hydrogen-bond donors (Lipinski definition) is 2. The molecule has 2 N–H and O–H groups in total. The molecule has 1 unspecified atom stereocenters. The van der Waals surface area contributed by atoms with Crippen molar-refractivity contribution < 1.29 is 14.4 Å². The number of aryl methyl sites for hydroxylation is 1. The SMILES string of the molecule is Cc1csc(NC(=O)c2ccccc2)c1C(=O)NN1C(=O)/C(=C\c2ccc(N(C)C)cc2)SC1/C=C/c1ccccc1. The number of nitrogens with zero attached hydrogens (tertiary/aromatic N) is 2. The van der Waals surface area contributed by atoms with Gasteiger partial charge in [-0.1, -0.05) is 78.5 Å². The van der Waals surface area contributed by atoms with Gasteiger partial charge in [0.2, 0.25) is 0 Å². The van der Waals surface area contributed by atoms with Gasteiger partial charge in [-0.15, -0.1) is 11.3 Å². The maximum absolute atomic E-state index is 13.7. The smallest absolute Gasteiger partial charge is 0.280 e. The molecule has 1 aromatic heterocycles. The normalized spacial score (nSPS) is 15.8. The van der Waals surface area contributed by atoms with Crippen LogP contribution in [-0.4, -0.2) is 42.2 Å². The van der Waals surface area contributed by atoms with Crippen molar-refractivity contribution in [1.29, 1.82) is 0 Å². The van der Waals surface area contributed by atoms with E-state index in [4.69, 9.17) is 0 Å². The van der Waals surface area contributed by atoms with E-state index in [1.54, 1.807) is 31.2 Å². The zero-order valence-corrected chi connectivity index (χ0v) is 25.0. The second-order valence-corrected chi connectivity index (χ2v) is 11.9. The van der Waals surface area contributed by atoms with E-state index in [1.807, 2.05) is 103 Å². The molecule has 3 amide bonds. The summed E-state index contributed by atoms with van der Waals surface area (Å²) in [6.07, 6.45) is 5.66. The fourth-order valence-corrected chi connectivity index (χ4v) is 6.34. The highest BCUT2D eigenvalue weighted by molar-refractivity contribution is 8.05. The first-order chi connectivity index (χ1) is 20.3. The number of amides is 3. The Kier molecular flexibility index (Phi) is 8.90. The molecule has 0 aliphatic carbocycles. The van der Waals surface area contributed by atoms with Crippen molar-refractivity contribution in [3.05, 3.63) is 129 Å². The molecule has 1 fully saturated rings. The highest BCUT2D eigenvalue weighted by atomic mass is 32.2. The van der Waals surface area contributed by atoms with Crippen LogP contribution in [0.15, 0.2) is 101 Å². The van der Waals surface area contributed by atoms with Crippen LogP contribution < -0.4 is 15.6 Å². The predicted octanol–water partition coefficient (Wildman–Crippen LogP) is 6.68. The van der Waals surface area contributed by atoms with Gasteiger partial charge in [-0.25, -0.2) is 5.01 Å². The van der Waals surface area contributed by atoms with Gasteiger partial charge in [0.1, 0.15) is 10.4 Å². The Morgan fingerprint density at radius 2 is 1.55 bits per heavy atom. The zero-order valence-electron chi connectivity index (χ0n) is 23.4. The van der Waals surface area contributed by atoms with Crippen molar-refractivity contribution in [2.75, 3.05) is 24.3 Å². The molecule has 0 bridgehead atoms. The number of benzene rings is 3. The van der Waals surface area contributed by atoms with Crippen LogP contribution in [0.4, 0.5) is 10.7 Å². The molecule has 4 aromatic rings. The Hall–Kier alpha value is -4.60. The first-order valence-electron chi connectivity index (χ1n) is 13.3. The van der Waals surface area contributed by atoms with Gasteiger partial charge < -0.3 is 10.2 Å². The average Bonchev–Trinajstić information content (AvgIpc) is 3.51. The topological polar surface area (TPSA) is 81.8 Å². The Morgan fingerprint density at radius 3 is 2.21 bits per heavy atom. The van der Waals surface area contributed by atoms with Crippen LogP contribution in [0.3, 0.4) is 0 Å². The van der Waals surface area contributed by atoms with Crippen molar-refractivity contribution in [2.24, 2.45) is 0 Å². The summed E-state index contributed by atoms with van der Waals surface area (Å²) in [5.74, 6) is -1.09. The van der Waals surface area contributed by atoms with Crippen molar-refractivity contribution in [2.45, 2.75) is 12.3 Å². The van der Waals surface area contributed by atoms with E-state index < -0.39 is 11.3 Å². The lowest BCUT2D eigenvalue weighted by atomic mass is 10.1. The zero-order chi connectivity index (χ0) is 29.6. The minimum Gasteiger partial charge on any atom is -0.378 e.